The molecule has 0 saturated heterocycles. The SMILES string of the molecule is COc1ccc2ccccc2c1CC(=O)CO. The minimum Gasteiger partial charge on any atom is -0.496 e. The van der Waals surface area contributed by atoms with Crippen LogP contribution in [0.15, 0.2) is 36.4 Å². The van der Waals surface area contributed by atoms with Gasteiger partial charge in [0, 0.05) is 12.0 Å². The van der Waals surface area contributed by atoms with E-state index in [1.54, 1.807) is 7.11 Å². The Kier molecular flexibility index (Phi) is 3.40. The Morgan fingerprint density at radius 3 is 2.71 bits per heavy atom. The van der Waals surface area contributed by atoms with Gasteiger partial charge in [-0.3, -0.25) is 4.79 Å². The van der Waals surface area contributed by atoms with E-state index < -0.39 is 6.61 Å². The molecule has 0 amide bonds. The van der Waals surface area contributed by atoms with Crippen molar-refractivity contribution in [1.82, 2.24) is 0 Å². The van der Waals surface area contributed by atoms with Gasteiger partial charge in [0.1, 0.15) is 12.4 Å². The Morgan fingerprint density at radius 1 is 1.24 bits per heavy atom. The quantitative estimate of drug-likeness (QED) is 0.873. The van der Waals surface area contributed by atoms with Gasteiger partial charge in [-0.15, -0.1) is 0 Å². The summed E-state index contributed by atoms with van der Waals surface area (Å²) in [6.07, 6.45) is 0.195. The number of Topliss-reactive ketones (excluding diaryl/α,β-unsaturated/α-hetero) is 1. The van der Waals surface area contributed by atoms with Crippen LogP contribution >= 0.6 is 0 Å². The Bertz CT molecular complexity index is 546. The van der Waals surface area contributed by atoms with Gasteiger partial charge in [0.15, 0.2) is 5.78 Å². The van der Waals surface area contributed by atoms with Crippen molar-refractivity contribution in [3.05, 3.63) is 42.0 Å². The van der Waals surface area contributed by atoms with Gasteiger partial charge in [-0.05, 0) is 16.8 Å². The second-order valence-electron chi connectivity index (χ2n) is 3.84. The lowest BCUT2D eigenvalue weighted by Crippen LogP contribution is -2.08. The van der Waals surface area contributed by atoms with Crippen LogP contribution in [0.25, 0.3) is 10.8 Å². The second-order valence-corrected chi connectivity index (χ2v) is 3.84. The average Bonchev–Trinajstić information content (AvgIpc) is 2.39. The summed E-state index contributed by atoms with van der Waals surface area (Å²) in [6.45, 7) is -0.438. The number of hydrogen-bond donors (Lipinski definition) is 1. The van der Waals surface area contributed by atoms with Crippen molar-refractivity contribution in [2.24, 2.45) is 0 Å². The van der Waals surface area contributed by atoms with Crippen LogP contribution in [0.2, 0.25) is 0 Å². The van der Waals surface area contributed by atoms with Gasteiger partial charge < -0.3 is 9.84 Å². The molecule has 2 aromatic carbocycles. The molecule has 0 aliphatic rings. The molecule has 0 heterocycles. The number of carbonyl (C=O) groups is 1. The molecule has 0 bridgehead atoms. The van der Waals surface area contributed by atoms with Crippen molar-refractivity contribution in [3.63, 3.8) is 0 Å². The molecule has 0 aliphatic carbocycles. The summed E-state index contributed by atoms with van der Waals surface area (Å²) in [5.74, 6) is 0.477. The molecule has 3 heteroatoms. The topological polar surface area (TPSA) is 46.5 Å². The summed E-state index contributed by atoms with van der Waals surface area (Å²) < 4.78 is 5.26. The third-order valence-electron chi connectivity index (χ3n) is 2.77. The van der Waals surface area contributed by atoms with Crippen LogP contribution in [0.5, 0.6) is 5.75 Å². The zero-order chi connectivity index (χ0) is 12.3. The summed E-state index contributed by atoms with van der Waals surface area (Å²) in [5, 5.41) is 10.9. The maximum absolute atomic E-state index is 11.4. The van der Waals surface area contributed by atoms with Crippen molar-refractivity contribution in [2.75, 3.05) is 13.7 Å². The maximum atomic E-state index is 11.4. The van der Waals surface area contributed by atoms with Crippen molar-refractivity contribution in [1.29, 1.82) is 0 Å². The van der Waals surface area contributed by atoms with Gasteiger partial charge in [-0.1, -0.05) is 30.3 Å². The lowest BCUT2D eigenvalue weighted by Gasteiger charge is -2.11. The van der Waals surface area contributed by atoms with E-state index in [9.17, 15) is 4.79 Å². The number of aliphatic hydroxyl groups is 1. The smallest absolute Gasteiger partial charge is 0.162 e. The third-order valence-corrected chi connectivity index (χ3v) is 2.77. The molecule has 88 valence electrons. The summed E-state index contributed by atoms with van der Waals surface area (Å²) in [4.78, 5) is 11.4. The van der Waals surface area contributed by atoms with E-state index in [2.05, 4.69) is 0 Å². The molecule has 0 spiro atoms. The minimum absolute atomic E-state index is 0.195. The van der Waals surface area contributed by atoms with E-state index in [-0.39, 0.29) is 12.2 Å². The van der Waals surface area contributed by atoms with Gasteiger partial charge in [0.2, 0.25) is 0 Å². The predicted molar refractivity (Wildman–Crippen MR) is 66.3 cm³/mol. The fourth-order valence-electron chi connectivity index (χ4n) is 1.94. The van der Waals surface area contributed by atoms with Crippen LogP contribution in [-0.4, -0.2) is 24.6 Å². The Hall–Kier alpha value is -1.87. The Labute approximate surface area is 99.6 Å². The van der Waals surface area contributed by atoms with Crippen molar-refractivity contribution in [2.45, 2.75) is 6.42 Å². The molecule has 2 rings (SSSR count). The standard InChI is InChI=1S/C14H14O3/c1-17-14-7-6-10-4-2-3-5-12(10)13(14)8-11(16)9-15/h2-7,15H,8-9H2,1H3. The number of fused-ring (bicyclic) bond motifs is 1. The summed E-state index contributed by atoms with van der Waals surface area (Å²) in [5.41, 5.74) is 0.838. The number of ether oxygens (including phenoxy) is 1. The third kappa shape index (κ3) is 2.29. The van der Waals surface area contributed by atoms with Crippen molar-refractivity contribution in [3.8, 4) is 5.75 Å². The summed E-state index contributed by atoms with van der Waals surface area (Å²) in [7, 11) is 1.58. The number of methoxy groups -OCH3 is 1. The fourth-order valence-corrected chi connectivity index (χ4v) is 1.94. The van der Waals surface area contributed by atoms with Crippen molar-refractivity contribution < 1.29 is 14.6 Å². The molecule has 1 N–H and O–H groups in total. The normalized spacial score (nSPS) is 10.5. The highest BCUT2D eigenvalue weighted by Crippen LogP contribution is 2.28. The highest BCUT2D eigenvalue weighted by atomic mass is 16.5. The molecular weight excluding hydrogens is 216 g/mol. The highest BCUT2D eigenvalue weighted by molar-refractivity contribution is 5.93. The molecule has 2 aromatic rings. The monoisotopic (exact) mass is 230 g/mol. The van der Waals surface area contributed by atoms with Gasteiger partial charge in [-0.25, -0.2) is 0 Å². The number of hydrogen-bond acceptors (Lipinski definition) is 3. The number of carbonyl (C=O) groups excluding carboxylic acids is 1. The average molecular weight is 230 g/mol. The zero-order valence-electron chi connectivity index (χ0n) is 9.64. The highest BCUT2D eigenvalue weighted by Gasteiger charge is 2.11. The lowest BCUT2D eigenvalue weighted by molar-refractivity contribution is -0.121. The molecule has 0 saturated carbocycles. The molecular formula is C14H14O3. The number of aliphatic hydroxyl groups excluding tert-OH is 1. The molecule has 0 aliphatic heterocycles. The molecule has 0 fully saturated rings. The fraction of sp³-hybridized carbons (Fsp3) is 0.214. The van der Waals surface area contributed by atoms with Crippen LogP contribution in [0.1, 0.15) is 5.56 Å². The molecule has 17 heavy (non-hydrogen) atoms. The van der Waals surface area contributed by atoms with E-state index in [1.165, 1.54) is 0 Å². The zero-order valence-corrected chi connectivity index (χ0v) is 9.64. The number of benzene rings is 2. The van der Waals surface area contributed by atoms with Crippen LogP contribution in [0.3, 0.4) is 0 Å². The Morgan fingerprint density at radius 2 is 2.00 bits per heavy atom. The van der Waals surface area contributed by atoms with E-state index in [4.69, 9.17) is 9.84 Å². The van der Waals surface area contributed by atoms with E-state index in [0.29, 0.717) is 5.75 Å². The first-order valence-electron chi connectivity index (χ1n) is 5.43. The van der Waals surface area contributed by atoms with Gasteiger partial charge in [-0.2, -0.15) is 0 Å². The van der Waals surface area contributed by atoms with E-state index in [0.717, 1.165) is 16.3 Å². The van der Waals surface area contributed by atoms with E-state index >= 15 is 0 Å². The van der Waals surface area contributed by atoms with E-state index in [1.807, 2.05) is 36.4 Å². The Balaban J connectivity index is 2.58. The maximum Gasteiger partial charge on any atom is 0.162 e. The molecule has 0 radical (unpaired) electrons. The molecule has 0 atom stereocenters. The van der Waals surface area contributed by atoms with Crippen LogP contribution < -0.4 is 4.74 Å². The molecule has 0 unspecified atom stereocenters. The largest absolute Gasteiger partial charge is 0.496 e. The number of ketones is 1. The minimum atomic E-state index is -0.438. The second kappa shape index (κ2) is 4.97. The van der Waals surface area contributed by atoms with Crippen LogP contribution in [0.4, 0.5) is 0 Å². The molecule has 0 aromatic heterocycles. The molecule has 3 nitrogen and oxygen atoms in total. The van der Waals surface area contributed by atoms with Crippen LogP contribution in [-0.2, 0) is 11.2 Å². The van der Waals surface area contributed by atoms with Crippen molar-refractivity contribution >= 4 is 16.6 Å². The van der Waals surface area contributed by atoms with Gasteiger partial charge in [0.05, 0.1) is 7.11 Å². The lowest BCUT2D eigenvalue weighted by atomic mass is 9.99. The number of rotatable bonds is 4. The summed E-state index contributed by atoms with van der Waals surface area (Å²) in [6, 6.07) is 11.6. The van der Waals surface area contributed by atoms with Crippen LogP contribution in [0, 0.1) is 0 Å². The first kappa shape index (κ1) is 11.6. The first-order valence-corrected chi connectivity index (χ1v) is 5.43. The first-order chi connectivity index (χ1) is 8.26. The predicted octanol–water partition coefficient (Wildman–Crippen LogP) is 1.95. The summed E-state index contributed by atoms with van der Waals surface area (Å²) >= 11 is 0. The van der Waals surface area contributed by atoms with Gasteiger partial charge >= 0.3 is 0 Å². The van der Waals surface area contributed by atoms with Gasteiger partial charge in [0.25, 0.3) is 0 Å².